The van der Waals surface area contributed by atoms with Gasteiger partial charge in [0.05, 0.1) is 9.79 Å². The van der Waals surface area contributed by atoms with E-state index in [-0.39, 0.29) is 9.79 Å². The highest BCUT2D eigenvalue weighted by molar-refractivity contribution is 7.91. The van der Waals surface area contributed by atoms with E-state index >= 15 is 0 Å². The largest absolute Gasteiger partial charge is 0.218 e. The molecule has 0 aromatic heterocycles. The van der Waals surface area contributed by atoms with Crippen LogP contribution in [-0.4, -0.2) is 8.42 Å². The molecular formula is C15H14FO2S. The lowest BCUT2D eigenvalue weighted by Gasteiger charge is -2.07. The first-order valence-corrected chi connectivity index (χ1v) is 7.42. The molecule has 19 heavy (non-hydrogen) atoms. The van der Waals surface area contributed by atoms with Gasteiger partial charge >= 0.3 is 0 Å². The molecule has 0 aliphatic rings. The highest BCUT2D eigenvalue weighted by Gasteiger charge is 2.17. The fraction of sp³-hybridized carbons (Fsp3) is 0.200. The molecule has 2 nitrogen and oxygen atoms in total. The monoisotopic (exact) mass is 277 g/mol. The summed E-state index contributed by atoms with van der Waals surface area (Å²) in [5.41, 5.74) is 1.03. The first-order valence-electron chi connectivity index (χ1n) is 5.93. The van der Waals surface area contributed by atoms with Gasteiger partial charge in [-0.25, -0.2) is 12.8 Å². The fourth-order valence-corrected chi connectivity index (χ4v) is 2.90. The summed E-state index contributed by atoms with van der Waals surface area (Å²) in [6, 6.07) is 12.6. The summed E-state index contributed by atoms with van der Waals surface area (Å²) in [6.07, 6.45) is 0. The Kier molecular flexibility index (Phi) is 3.71. The molecule has 0 bridgehead atoms. The van der Waals surface area contributed by atoms with Gasteiger partial charge in [0.25, 0.3) is 0 Å². The number of hydrogen-bond acceptors (Lipinski definition) is 2. The van der Waals surface area contributed by atoms with Crippen LogP contribution in [0.5, 0.6) is 0 Å². The Morgan fingerprint density at radius 1 is 1.05 bits per heavy atom. The van der Waals surface area contributed by atoms with Crippen LogP contribution in [0.2, 0.25) is 0 Å². The van der Waals surface area contributed by atoms with Gasteiger partial charge in [-0.05, 0) is 47.9 Å². The number of rotatable bonds is 3. The van der Waals surface area contributed by atoms with Crippen LogP contribution in [0.3, 0.4) is 0 Å². The smallest absolute Gasteiger partial charge is 0.207 e. The van der Waals surface area contributed by atoms with Gasteiger partial charge in [-0.2, -0.15) is 0 Å². The highest BCUT2D eigenvalue weighted by atomic mass is 32.2. The molecular weight excluding hydrogens is 263 g/mol. The van der Waals surface area contributed by atoms with E-state index in [0.29, 0.717) is 5.92 Å². The summed E-state index contributed by atoms with van der Waals surface area (Å²) in [7, 11) is -3.62. The molecule has 0 aliphatic carbocycles. The van der Waals surface area contributed by atoms with Gasteiger partial charge in [-0.15, -0.1) is 0 Å². The van der Waals surface area contributed by atoms with Crippen LogP contribution >= 0.6 is 0 Å². The first-order chi connectivity index (χ1) is 8.91. The summed E-state index contributed by atoms with van der Waals surface area (Å²) in [4.78, 5) is 0.172. The molecule has 0 saturated carbocycles. The van der Waals surface area contributed by atoms with Crippen LogP contribution in [0.15, 0.2) is 52.3 Å². The second kappa shape index (κ2) is 5.13. The van der Waals surface area contributed by atoms with Crippen LogP contribution in [0.25, 0.3) is 0 Å². The molecule has 2 aromatic rings. The summed E-state index contributed by atoms with van der Waals surface area (Å²) in [5, 5.41) is 0. The zero-order valence-corrected chi connectivity index (χ0v) is 11.5. The molecule has 0 atom stereocenters. The zero-order chi connectivity index (χ0) is 14.0. The van der Waals surface area contributed by atoms with E-state index in [1.54, 1.807) is 12.1 Å². The molecule has 99 valence electrons. The Bertz CT molecular complexity index is 656. The van der Waals surface area contributed by atoms with Gasteiger partial charge in [-0.1, -0.05) is 19.9 Å². The van der Waals surface area contributed by atoms with Gasteiger partial charge in [0.2, 0.25) is 9.84 Å². The van der Waals surface area contributed by atoms with Crippen LogP contribution in [0.4, 0.5) is 4.39 Å². The average Bonchev–Trinajstić information content (AvgIpc) is 2.39. The molecule has 0 aliphatic heterocycles. The second-order valence-corrected chi connectivity index (χ2v) is 6.52. The molecule has 2 aromatic carbocycles. The summed E-state index contributed by atoms with van der Waals surface area (Å²) in [6.45, 7) is 4.05. The maximum atomic E-state index is 12.8. The van der Waals surface area contributed by atoms with Gasteiger partial charge in [0.15, 0.2) is 0 Å². The predicted molar refractivity (Wildman–Crippen MR) is 71.2 cm³/mol. The maximum absolute atomic E-state index is 12.8. The van der Waals surface area contributed by atoms with Crippen molar-refractivity contribution in [1.29, 1.82) is 0 Å². The lowest BCUT2D eigenvalue weighted by atomic mass is 10.0. The van der Waals surface area contributed by atoms with Crippen molar-refractivity contribution in [2.75, 3.05) is 0 Å². The normalized spacial score (nSPS) is 11.8. The van der Waals surface area contributed by atoms with E-state index in [2.05, 4.69) is 6.07 Å². The molecule has 0 N–H and O–H groups in total. The standard InChI is InChI=1S/C15H14FO2S/c1-11(2)12-3-7-14(8-4-12)19(17,18)15-9-5-13(16)6-10-15/h3-7,9-11H,1-2H3. The van der Waals surface area contributed by atoms with Crippen LogP contribution in [0.1, 0.15) is 25.3 Å². The third-order valence-electron chi connectivity index (χ3n) is 2.89. The summed E-state index contributed by atoms with van der Waals surface area (Å²) in [5.74, 6) is -0.142. The molecule has 0 heterocycles. The Morgan fingerprint density at radius 2 is 1.68 bits per heavy atom. The molecule has 0 spiro atoms. The Balaban J connectivity index is 2.42. The first kappa shape index (κ1) is 13.7. The molecule has 2 rings (SSSR count). The Morgan fingerprint density at radius 3 is 2.16 bits per heavy atom. The lowest BCUT2D eigenvalue weighted by molar-refractivity contribution is 0.594. The Labute approximate surface area is 112 Å². The van der Waals surface area contributed by atoms with Crippen LogP contribution in [0, 0.1) is 11.9 Å². The van der Waals surface area contributed by atoms with Crippen molar-refractivity contribution >= 4 is 9.84 Å². The van der Waals surface area contributed by atoms with E-state index < -0.39 is 15.7 Å². The molecule has 1 radical (unpaired) electrons. The van der Waals surface area contributed by atoms with E-state index in [0.717, 1.165) is 17.7 Å². The van der Waals surface area contributed by atoms with E-state index in [9.17, 15) is 12.8 Å². The maximum Gasteiger partial charge on any atom is 0.207 e. The zero-order valence-electron chi connectivity index (χ0n) is 10.7. The second-order valence-electron chi connectivity index (χ2n) is 4.60. The quantitative estimate of drug-likeness (QED) is 0.804. The van der Waals surface area contributed by atoms with E-state index in [1.807, 2.05) is 13.8 Å². The Hall–Kier alpha value is -1.68. The molecule has 0 fully saturated rings. The van der Waals surface area contributed by atoms with Crippen molar-refractivity contribution in [3.05, 3.63) is 59.9 Å². The number of hydrogen-bond donors (Lipinski definition) is 0. The van der Waals surface area contributed by atoms with Crippen molar-refractivity contribution in [1.82, 2.24) is 0 Å². The average molecular weight is 277 g/mol. The van der Waals surface area contributed by atoms with Gasteiger partial charge in [-0.3, -0.25) is 0 Å². The highest BCUT2D eigenvalue weighted by Crippen LogP contribution is 2.22. The molecule has 0 saturated heterocycles. The summed E-state index contributed by atoms with van der Waals surface area (Å²) < 4.78 is 37.4. The number of benzene rings is 2. The van der Waals surface area contributed by atoms with Crippen molar-refractivity contribution in [2.24, 2.45) is 0 Å². The SMILES string of the molecule is CC(C)c1c[c]c(S(=O)(=O)c2ccc(F)cc2)cc1. The van der Waals surface area contributed by atoms with Gasteiger partial charge < -0.3 is 0 Å². The van der Waals surface area contributed by atoms with Gasteiger partial charge in [0.1, 0.15) is 5.82 Å². The topological polar surface area (TPSA) is 34.1 Å². The summed E-state index contributed by atoms with van der Waals surface area (Å²) >= 11 is 0. The van der Waals surface area contributed by atoms with Crippen LogP contribution in [-0.2, 0) is 9.84 Å². The lowest BCUT2D eigenvalue weighted by Crippen LogP contribution is -2.02. The van der Waals surface area contributed by atoms with Gasteiger partial charge in [0, 0.05) is 6.07 Å². The minimum atomic E-state index is -3.62. The number of halogens is 1. The minimum Gasteiger partial charge on any atom is -0.218 e. The van der Waals surface area contributed by atoms with Crippen molar-refractivity contribution in [3.8, 4) is 0 Å². The predicted octanol–water partition coefficient (Wildman–Crippen LogP) is 3.58. The molecule has 0 unspecified atom stereocenters. The molecule has 0 amide bonds. The van der Waals surface area contributed by atoms with Crippen molar-refractivity contribution in [2.45, 2.75) is 29.6 Å². The van der Waals surface area contributed by atoms with E-state index in [4.69, 9.17) is 0 Å². The fourth-order valence-electron chi connectivity index (χ4n) is 1.69. The van der Waals surface area contributed by atoms with Crippen molar-refractivity contribution in [3.63, 3.8) is 0 Å². The third-order valence-corrected chi connectivity index (χ3v) is 4.61. The number of sulfone groups is 1. The van der Waals surface area contributed by atoms with Crippen LogP contribution < -0.4 is 0 Å². The van der Waals surface area contributed by atoms with E-state index in [1.165, 1.54) is 18.2 Å². The molecule has 4 heteroatoms. The van der Waals surface area contributed by atoms with Crippen molar-refractivity contribution < 1.29 is 12.8 Å². The third kappa shape index (κ3) is 2.84. The minimum absolute atomic E-state index is 0.0717.